The lowest BCUT2D eigenvalue weighted by Crippen LogP contribution is -2.06. The number of rotatable bonds is 6. The molecule has 30 heavy (non-hydrogen) atoms. The summed E-state index contributed by atoms with van der Waals surface area (Å²) >= 11 is 0. The van der Waals surface area contributed by atoms with E-state index in [9.17, 15) is 4.79 Å². The number of ketones is 1. The van der Waals surface area contributed by atoms with Gasteiger partial charge in [0.25, 0.3) is 0 Å². The van der Waals surface area contributed by atoms with Gasteiger partial charge in [-0.05, 0) is 57.7 Å². The van der Waals surface area contributed by atoms with Crippen LogP contribution in [0, 0.1) is 20.8 Å². The van der Waals surface area contributed by atoms with Crippen molar-refractivity contribution in [3.8, 4) is 11.4 Å². The lowest BCUT2D eigenvalue weighted by Gasteiger charge is -2.15. The standard InChI is InChI=1S/C24H29N5O/c1-7-17(8-2)19-13-14(4)27-29-22(16(6)26-24(19)29)21-15(5)25-23-18(20(30)9-3)11-10-12-28(21)23/h10-13,17H,7-9H2,1-6H3. The second-order valence-corrected chi connectivity index (χ2v) is 7.97. The third-order valence-corrected chi connectivity index (χ3v) is 6.00. The Morgan fingerprint density at radius 3 is 2.33 bits per heavy atom. The van der Waals surface area contributed by atoms with E-state index in [-0.39, 0.29) is 5.78 Å². The normalized spacial score (nSPS) is 11.8. The molecule has 0 unspecified atom stereocenters. The fourth-order valence-corrected chi connectivity index (χ4v) is 4.45. The van der Waals surface area contributed by atoms with E-state index >= 15 is 0 Å². The van der Waals surface area contributed by atoms with Crippen molar-refractivity contribution in [3.05, 3.63) is 52.6 Å². The van der Waals surface area contributed by atoms with Crippen molar-refractivity contribution in [3.63, 3.8) is 0 Å². The average molecular weight is 404 g/mol. The highest BCUT2D eigenvalue weighted by Crippen LogP contribution is 2.33. The summed E-state index contributed by atoms with van der Waals surface area (Å²) in [5, 5.41) is 4.83. The molecule has 0 aliphatic rings. The van der Waals surface area contributed by atoms with Gasteiger partial charge in [0, 0.05) is 18.2 Å². The van der Waals surface area contributed by atoms with Gasteiger partial charge in [-0.3, -0.25) is 9.20 Å². The van der Waals surface area contributed by atoms with E-state index in [1.807, 2.05) is 54.9 Å². The Balaban J connectivity index is 2.06. The van der Waals surface area contributed by atoms with E-state index in [0.29, 0.717) is 23.5 Å². The van der Waals surface area contributed by atoms with Gasteiger partial charge in [-0.15, -0.1) is 0 Å². The van der Waals surface area contributed by atoms with Gasteiger partial charge < -0.3 is 0 Å². The molecule has 4 aromatic rings. The van der Waals surface area contributed by atoms with Gasteiger partial charge in [-0.25, -0.2) is 14.5 Å². The molecule has 0 amide bonds. The minimum Gasteiger partial charge on any atom is -0.297 e. The molecule has 0 atom stereocenters. The molecule has 0 spiro atoms. The molecule has 6 nitrogen and oxygen atoms in total. The van der Waals surface area contributed by atoms with E-state index in [1.54, 1.807) is 0 Å². The number of carbonyl (C=O) groups excluding carboxylic acids is 1. The third kappa shape index (κ3) is 3.02. The Labute approximate surface area is 177 Å². The summed E-state index contributed by atoms with van der Waals surface area (Å²) in [6.45, 7) is 12.4. The molecular formula is C24H29N5O. The van der Waals surface area contributed by atoms with Crippen LogP contribution in [0.4, 0.5) is 0 Å². The highest BCUT2D eigenvalue weighted by atomic mass is 16.1. The highest BCUT2D eigenvalue weighted by molar-refractivity contribution is 6.01. The Kier molecular flexibility index (Phi) is 5.18. The molecule has 0 aliphatic heterocycles. The van der Waals surface area contributed by atoms with Crippen molar-refractivity contribution < 1.29 is 4.79 Å². The Morgan fingerprint density at radius 1 is 1.00 bits per heavy atom. The number of Topliss-reactive ketones (excluding diaryl/α,β-unsaturated/α-hetero) is 1. The van der Waals surface area contributed by atoms with Gasteiger partial charge in [0.2, 0.25) is 0 Å². The molecular weight excluding hydrogens is 374 g/mol. The summed E-state index contributed by atoms with van der Waals surface area (Å²) in [5.41, 5.74) is 8.13. The lowest BCUT2D eigenvalue weighted by molar-refractivity contribution is 0.0989. The van der Waals surface area contributed by atoms with E-state index in [2.05, 4.69) is 19.9 Å². The first-order chi connectivity index (χ1) is 14.4. The van der Waals surface area contributed by atoms with Crippen molar-refractivity contribution in [1.29, 1.82) is 0 Å². The number of pyridine rings is 1. The van der Waals surface area contributed by atoms with Crippen molar-refractivity contribution in [2.75, 3.05) is 0 Å². The number of carbonyl (C=O) groups is 1. The van der Waals surface area contributed by atoms with Crippen LogP contribution in [-0.2, 0) is 0 Å². The maximum absolute atomic E-state index is 12.5. The minimum atomic E-state index is 0.0944. The maximum Gasteiger partial charge on any atom is 0.166 e. The van der Waals surface area contributed by atoms with Crippen LogP contribution in [0.15, 0.2) is 24.4 Å². The first-order valence-electron chi connectivity index (χ1n) is 10.8. The maximum atomic E-state index is 12.5. The van der Waals surface area contributed by atoms with Crippen LogP contribution in [0.25, 0.3) is 22.7 Å². The van der Waals surface area contributed by atoms with E-state index < -0.39 is 0 Å². The molecule has 0 saturated carbocycles. The minimum absolute atomic E-state index is 0.0944. The summed E-state index contributed by atoms with van der Waals surface area (Å²) in [7, 11) is 0. The average Bonchev–Trinajstić information content (AvgIpc) is 3.23. The predicted octanol–water partition coefficient (Wildman–Crippen LogP) is 5.47. The van der Waals surface area contributed by atoms with Gasteiger partial charge in [0.1, 0.15) is 11.3 Å². The van der Waals surface area contributed by atoms with Crippen molar-refractivity contribution >= 4 is 17.1 Å². The number of nitrogens with zero attached hydrogens (tertiary/aromatic N) is 5. The second kappa shape index (κ2) is 7.67. The van der Waals surface area contributed by atoms with Gasteiger partial charge in [0.15, 0.2) is 11.4 Å². The Hall–Kier alpha value is -3.02. The molecule has 0 radical (unpaired) electrons. The summed E-state index contributed by atoms with van der Waals surface area (Å²) in [6.07, 6.45) is 4.55. The molecule has 4 heterocycles. The molecule has 156 valence electrons. The largest absolute Gasteiger partial charge is 0.297 e. The topological polar surface area (TPSA) is 64.6 Å². The van der Waals surface area contributed by atoms with Crippen LogP contribution in [0.1, 0.15) is 79.0 Å². The SMILES string of the molecule is CCC(=O)c1cccn2c(-c3c(C)nc4c(C(CC)CC)cc(C)nn34)c(C)nc12. The Morgan fingerprint density at radius 2 is 1.67 bits per heavy atom. The monoisotopic (exact) mass is 403 g/mol. The molecule has 0 aliphatic carbocycles. The summed E-state index contributed by atoms with van der Waals surface area (Å²) < 4.78 is 3.98. The highest BCUT2D eigenvalue weighted by Gasteiger charge is 2.24. The van der Waals surface area contributed by atoms with Gasteiger partial charge in [-0.1, -0.05) is 20.8 Å². The first-order valence-corrected chi connectivity index (χ1v) is 10.8. The van der Waals surface area contributed by atoms with Crippen LogP contribution < -0.4 is 0 Å². The zero-order chi connectivity index (χ0) is 21.6. The number of fused-ring (bicyclic) bond motifs is 2. The lowest BCUT2D eigenvalue weighted by atomic mass is 9.95. The molecule has 0 N–H and O–H groups in total. The summed E-state index contributed by atoms with van der Waals surface area (Å²) in [4.78, 5) is 22.2. The van der Waals surface area contributed by atoms with Crippen LogP contribution in [0.2, 0.25) is 0 Å². The van der Waals surface area contributed by atoms with Gasteiger partial charge in [0.05, 0.1) is 28.3 Å². The quantitative estimate of drug-likeness (QED) is 0.401. The van der Waals surface area contributed by atoms with Gasteiger partial charge >= 0.3 is 0 Å². The Bertz CT molecular complexity index is 1260. The van der Waals surface area contributed by atoms with Gasteiger partial charge in [-0.2, -0.15) is 5.10 Å². The van der Waals surface area contributed by atoms with Crippen molar-refractivity contribution in [2.45, 2.75) is 66.7 Å². The molecule has 0 bridgehead atoms. The fraction of sp³-hybridized carbons (Fsp3) is 0.417. The number of aryl methyl sites for hydroxylation is 3. The smallest absolute Gasteiger partial charge is 0.166 e. The summed E-state index contributed by atoms with van der Waals surface area (Å²) in [6, 6.07) is 5.93. The molecule has 0 saturated heterocycles. The van der Waals surface area contributed by atoms with Crippen LogP contribution in [-0.4, -0.2) is 29.8 Å². The van der Waals surface area contributed by atoms with Crippen LogP contribution in [0.5, 0.6) is 0 Å². The molecule has 6 heteroatoms. The van der Waals surface area contributed by atoms with Crippen molar-refractivity contribution in [1.82, 2.24) is 24.0 Å². The number of hydrogen-bond donors (Lipinski definition) is 0. The number of imidazole rings is 2. The number of hydrogen-bond acceptors (Lipinski definition) is 4. The van der Waals surface area contributed by atoms with E-state index in [0.717, 1.165) is 47.0 Å². The third-order valence-electron chi connectivity index (χ3n) is 6.00. The predicted molar refractivity (Wildman–Crippen MR) is 119 cm³/mol. The second-order valence-electron chi connectivity index (χ2n) is 7.97. The fourth-order valence-electron chi connectivity index (χ4n) is 4.45. The zero-order valence-electron chi connectivity index (χ0n) is 18.7. The van der Waals surface area contributed by atoms with E-state index in [1.165, 1.54) is 5.56 Å². The van der Waals surface area contributed by atoms with Crippen molar-refractivity contribution in [2.24, 2.45) is 0 Å². The van der Waals surface area contributed by atoms with Crippen LogP contribution >= 0.6 is 0 Å². The van der Waals surface area contributed by atoms with E-state index in [4.69, 9.17) is 15.1 Å². The molecule has 0 fully saturated rings. The van der Waals surface area contributed by atoms with Crippen LogP contribution in [0.3, 0.4) is 0 Å². The number of aromatic nitrogens is 5. The molecule has 0 aromatic carbocycles. The summed E-state index contributed by atoms with van der Waals surface area (Å²) in [5.74, 6) is 0.540. The molecule has 4 aromatic heterocycles. The first kappa shape index (κ1) is 20.3. The molecule has 4 rings (SSSR count). The zero-order valence-corrected chi connectivity index (χ0v) is 18.7.